The third-order valence-electron chi connectivity index (χ3n) is 5.00. The first-order valence-electron chi connectivity index (χ1n) is 10.8. The molecule has 0 bridgehead atoms. The van der Waals surface area contributed by atoms with Gasteiger partial charge in [-0.1, -0.05) is 70.5 Å². The van der Waals surface area contributed by atoms with Crippen LogP contribution < -0.4 is 21.1 Å². The number of carbonyl (C=O) groups is 2. The minimum Gasteiger partial charge on any atom is -0.424 e. The molecule has 0 aliphatic heterocycles. The van der Waals surface area contributed by atoms with Crippen molar-refractivity contribution in [1.29, 1.82) is 0 Å². The Morgan fingerprint density at radius 1 is 0.886 bits per heavy atom. The summed E-state index contributed by atoms with van der Waals surface area (Å²) < 4.78 is 6.36. The van der Waals surface area contributed by atoms with Crippen LogP contribution in [-0.4, -0.2) is 22.2 Å². The summed E-state index contributed by atoms with van der Waals surface area (Å²) in [6.07, 6.45) is -0.0274. The Morgan fingerprint density at radius 3 is 2.40 bits per heavy atom. The average molecular weight is 532 g/mol. The zero-order valence-corrected chi connectivity index (χ0v) is 20.1. The number of rotatable bonds is 7. The van der Waals surface area contributed by atoms with Crippen LogP contribution in [0.15, 0.2) is 95.5 Å². The van der Waals surface area contributed by atoms with E-state index >= 15 is 0 Å². The second-order valence-corrected chi connectivity index (χ2v) is 8.50. The maximum absolute atomic E-state index is 12.5. The molecule has 0 aliphatic rings. The first-order chi connectivity index (χ1) is 17.0. The van der Waals surface area contributed by atoms with E-state index in [-0.39, 0.29) is 18.0 Å². The van der Waals surface area contributed by atoms with Crippen LogP contribution in [0.25, 0.3) is 11.3 Å². The summed E-state index contributed by atoms with van der Waals surface area (Å²) in [6, 6.07) is 26.0. The number of urea groups is 1. The lowest BCUT2D eigenvalue weighted by Crippen LogP contribution is -2.22. The number of nitrogens with one attached hydrogen (secondary N) is 2. The lowest BCUT2D eigenvalue weighted by Gasteiger charge is -2.14. The van der Waals surface area contributed by atoms with E-state index in [0.29, 0.717) is 11.4 Å². The summed E-state index contributed by atoms with van der Waals surface area (Å²) in [4.78, 5) is 25.0. The number of nitrogens with two attached hydrogens (primary N) is 1. The molecule has 1 atom stereocenters. The number of hydrogen-bond acceptors (Lipinski definition) is 6. The quantitative estimate of drug-likeness (QED) is 0.212. The molecule has 1 unspecified atom stereocenters. The minimum absolute atomic E-state index is 0.0274. The van der Waals surface area contributed by atoms with E-state index < -0.39 is 18.0 Å². The summed E-state index contributed by atoms with van der Waals surface area (Å²) in [5.74, 6) is -0.0363. The molecule has 3 aromatic carbocycles. The van der Waals surface area contributed by atoms with E-state index in [1.54, 1.807) is 36.4 Å². The van der Waals surface area contributed by atoms with Crippen molar-refractivity contribution in [1.82, 2.24) is 10.2 Å². The molecule has 0 saturated heterocycles. The second-order valence-electron chi connectivity index (χ2n) is 7.58. The van der Waals surface area contributed by atoms with Crippen LogP contribution >= 0.6 is 15.9 Å². The molecular weight excluding hydrogens is 510 g/mol. The molecular formula is C26H22BrN5O3. The van der Waals surface area contributed by atoms with E-state index in [2.05, 4.69) is 36.8 Å². The molecule has 2 amide bonds. The number of esters is 1. The fourth-order valence-electron chi connectivity index (χ4n) is 3.29. The third-order valence-corrected chi connectivity index (χ3v) is 5.49. The van der Waals surface area contributed by atoms with Crippen LogP contribution in [0.4, 0.5) is 16.3 Å². The van der Waals surface area contributed by atoms with E-state index in [1.807, 2.05) is 54.6 Å². The van der Waals surface area contributed by atoms with Gasteiger partial charge in [-0.3, -0.25) is 10.1 Å². The fraction of sp³-hybridized carbons (Fsp3) is 0.0769. The van der Waals surface area contributed by atoms with Crippen molar-refractivity contribution in [2.24, 2.45) is 5.73 Å². The maximum atomic E-state index is 12.5. The fourth-order valence-corrected chi connectivity index (χ4v) is 3.71. The van der Waals surface area contributed by atoms with E-state index in [4.69, 9.17) is 10.5 Å². The highest BCUT2D eigenvalue weighted by Gasteiger charge is 2.16. The van der Waals surface area contributed by atoms with E-state index in [1.165, 1.54) is 0 Å². The number of aromatic nitrogens is 2. The lowest BCUT2D eigenvalue weighted by molar-refractivity contribution is -0.134. The highest BCUT2D eigenvalue weighted by Crippen LogP contribution is 2.26. The molecule has 1 aromatic heterocycles. The van der Waals surface area contributed by atoms with E-state index in [9.17, 15) is 9.59 Å². The van der Waals surface area contributed by atoms with Gasteiger partial charge >= 0.3 is 12.0 Å². The molecule has 0 saturated carbocycles. The number of para-hydroxylation sites is 2. The van der Waals surface area contributed by atoms with Gasteiger partial charge < -0.3 is 15.8 Å². The third kappa shape index (κ3) is 6.72. The number of carbonyl (C=O) groups excluding carboxylic acids is 2. The highest BCUT2D eigenvalue weighted by molar-refractivity contribution is 9.10. The summed E-state index contributed by atoms with van der Waals surface area (Å²) in [5.41, 5.74) is 8.90. The molecule has 9 heteroatoms. The minimum atomic E-state index is -0.555. The highest BCUT2D eigenvalue weighted by atomic mass is 79.9. The summed E-state index contributed by atoms with van der Waals surface area (Å²) in [5, 5.41) is 13.5. The number of halogens is 1. The summed E-state index contributed by atoms with van der Waals surface area (Å²) in [7, 11) is 0. The van der Waals surface area contributed by atoms with Crippen LogP contribution in [0.1, 0.15) is 18.0 Å². The van der Waals surface area contributed by atoms with Gasteiger partial charge in [0.2, 0.25) is 0 Å². The first-order valence-corrected chi connectivity index (χ1v) is 11.5. The number of anilines is 2. The zero-order chi connectivity index (χ0) is 24.6. The van der Waals surface area contributed by atoms with Gasteiger partial charge in [0, 0.05) is 16.1 Å². The molecule has 0 fully saturated rings. The van der Waals surface area contributed by atoms with Gasteiger partial charge in [0.05, 0.1) is 17.8 Å². The summed E-state index contributed by atoms with van der Waals surface area (Å²) >= 11 is 3.39. The number of nitrogens with zero attached hydrogens (tertiary/aromatic N) is 2. The smallest absolute Gasteiger partial charge is 0.325 e. The largest absolute Gasteiger partial charge is 0.424 e. The van der Waals surface area contributed by atoms with Crippen molar-refractivity contribution in [3.8, 4) is 17.0 Å². The first kappa shape index (κ1) is 24.1. The molecule has 4 aromatic rings. The normalized spacial score (nSPS) is 11.4. The molecule has 176 valence electrons. The van der Waals surface area contributed by atoms with Gasteiger partial charge in [0.15, 0.2) is 11.6 Å². The van der Waals surface area contributed by atoms with Gasteiger partial charge in [0.1, 0.15) is 0 Å². The molecule has 35 heavy (non-hydrogen) atoms. The maximum Gasteiger partial charge on any atom is 0.325 e. The Kier molecular flexibility index (Phi) is 7.81. The average Bonchev–Trinajstić information content (AvgIpc) is 2.86. The van der Waals surface area contributed by atoms with Crippen molar-refractivity contribution < 1.29 is 14.3 Å². The molecule has 0 radical (unpaired) electrons. The van der Waals surface area contributed by atoms with Gasteiger partial charge in [-0.15, -0.1) is 10.2 Å². The molecule has 4 rings (SSSR count). The Labute approximate surface area is 210 Å². The van der Waals surface area contributed by atoms with Crippen LogP contribution in [0.5, 0.6) is 5.75 Å². The van der Waals surface area contributed by atoms with Crippen LogP contribution in [-0.2, 0) is 4.79 Å². The Morgan fingerprint density at radius 2 is 1.66 bits per heavy atom. The van der Waals surface area contributed by atoms with Crippen LogP contribution in [0.2, 0.25) is 0 Å². The van der Waals surface area contributed by atoms with Crippen molar-refractivity contribution in [2.75, 3.05) is 10.6 Å². The van der Waals surface area contributed by atoms with Crippen LogP contribution in [0, 0.1) is 0 Å². The number of hydrogen-bond donors (Lipinski definition) is 3. The van der Waals surface area contributed by atoms with Crippen LogP contribution in [0.3, 0.4) is 0 Å². The zero-order valence-electron chi connectivity index (χ0n) is 18.5. The van der Waals surface area contributed by atoms with Gasteiger partial charge in [-0.25, -0.2) is 4.79 Å². The Balaban J connectivity index is 1.36. The van der Waals surface area contributed by atoms with Crippen molar-refractivity contribution in [3.05, 3.63) is 101 Å². The molecule has 0 aliphatic carbocycles. The monoisotopic (exact) mass is 531 g/mol. The second kappa shape index (κ2) is 11.4. The van der Waals surface area contributed by atoms with Crippen molar-refractivity contribution in [2.45, 2.75) is 12.5 Å². The Hall–Kier alpha value is -4.08. The molecule has 0 spiro atoms. The number of ether oxygens (including phenoxy) is 1. The SMILES string of the molecule is NC(CC(=O)Oc1ccccc1NC(=O)Nc1ccc(-c2ccccc2)nn1)c1cccc(Br)c1. The van der Waals surface area contributed by atoms with Gasteiger partial charge in [-0.2, -0.15) is 0 Å². The predicted molar refractivity (Wildman–Crippen MR) is 138 cm³/mol. The van der Waals surface area contributed by atoms with Crippen molar-refractivity contribution >= 4 is 39.4 Å². The number of benzene rings is 3. The van der Waals surface area contributed by atoms with Gasteiger partial charge in [0.25, 0.3) is 0 Å². The number of amides is 2. The summed E-state index contributed by atoms with van der Waals surface area (Å²) in [6.45, 7) is 0. The molecule has 1 heterocycles. The topological polar surface area (TPSA) is 119 Å². The Bertz CT molecular complexity index is 1320. The van der Waals surface area contributed by atoms with Gasteiger partial charge in [-0.05, 0) is 42.0 Å². The molecule has 4 N–H and O–H groups in total. The molecule has 8 nitrogen and oxygen atoms in total. The standard InChI is InChI=1S/C26H22BrN5O3/c27-19-10-6-9-18(15-19)20(28)16-25(33)35-23-12-5-4-11-22(23)29-26(34)30-24-14-13-21(31-32-24)17-7-2-1-3-8-17/h1-15,20H,16,28H2,(H2,29,30,32,34). The lowest BCUT2D eigenvalue weighted by atomic mass is 10.1. The van der Waals surface area contributed by atoms with E-state index in [0.717, 1.165) is 15.6 Å². The predicted octanol–water partition coefficient (Wildman–Crippen LogP) is 5.55. The van der Waals surface area contributed by atoms with Crippen molar-refractivity contribution in [3.63, 3.8) is 0 Å².